The highest BCUT2D eigenvalue weighted by molar-refractivity contribution is 6.32. The summed E-state index contributed by atoms with van der Waals surface area (Å²) in [6.45, 7) is 11.3. The van der Waals surface area contributed by atoms with Crippen molar-refractivity contribution in [3.8, 4) is 11.5 Å². The first-order valence-electron chi connectivity index (χ1n) is 11.6. The minimum atomic E-state index is -0.752. The molecule has 0 aromatic heterocycles. The van der Waals surface area contributed by atoms with E-state index in [1.165, 1.54) is 0 Å². The van der Waals surface area contributed by atoms with Crippen LogP contribution in [0.15, 0.2) is 36.4 Å². The molecule has 7 heteroatoms. The number of benzene rings is 2. The van der Waals surface area contributed by atoms with Gasteiger partial charge in [0.1, 0.15) is 11.5 Å². The van der Waals surface area contributed by atoms with Gasteiger partial charge in [-0.15, -0.1) is 0 Å². The number of halogens is 2. The molecule has 1 saturated heterocycles. The number of aliphatic hydroxyl groups is 1. The summed E-state index contributed by atoms with van der Waals surface area (Å²) in [6.07, 6.45) is 2.22. The Morgan fingerprint density at radius 3 is 2.45 bits per heavy atom. The fourth-order valence-electron chi connectivity index (χ4n) is 4.41. The van der Waals surface area contributed by atoms with Crippen LogP contribution in [-0.2, 0) is 6.42 Å². The van der Waals surface area contributed by atoms with Gasteiger partial charge >= 0.3 is 0 Å². The van der Waals surface area contributed by atoms with E-state index < -0.39 is 5.60 Å². The van der Waals surface area contributed by atoms with Crippen molar-refractivity contribution in [2.24, 2.45) is 5.41 Å². The number of hydrogen-bond acceptors (Lipinski definition) is 5. The van der Waals surface area contributed by atoms with E-state index in [1.54, 1.807) is 12.1 Å². The molecule has 182 valence electrons. The average molecular weight is 495 g/mol. The molecule has 1 atom stereocenters. The Hall–Kier alpha value is -1.66. The molecule has 5 nitrogen and oxygen atoms in total. The van der Waals surface area contributed by atoms with Crippen molar-refractivity contribution in [3.05, 3.63) is 52.0 Å². The molecular weight excluding hydrogens is 459 g/mol. The molecule has 0 bridgehead atoms. The zero-order valence-corrected chi connectivity index (χ0v) is 21.5. The molecule has 1 aliphatic rings. The normalized spacial score (nSPS) is 20.7. The first-order chi connectivity index (χ1) is 15.5. The summed E-state index contributed by atoms with van der Waals surface area (Å²) in [6, 6.07) is 11.2. The van der Waals surface area contributed by atoms with Gasteiger partial charge in [0.15, 0.2) is 0 Å². The third-order valence-electron chi connectivity index (χ3n) is 6.43. The summed E-state index contributed by atoms with van der Waals surface area (Å²) >= 11 is 12.2. The summed E-state index contributed by atoms with van der Waals surface area (Å²) in [4.78, 5) is 2.40. The number of rotatable bonds is 9. The maximum absolute atomic E-state index is 11.5. The fourth-order valence-corrected chi connectivity index (χ4v) is 4.76. The Labute approximate surface area is 207 Å². The Bertz CT molecular complexity index is 934. The Morgan fingerprint density at radius 1 is 1.12 bits per heavy atom. The Kier molecular flexibility index (Phi) is 8.44. The number of nitrogens with two attached hydrogens (primary N) is 1. The van der Waals surface area contributed by atoms with Crippen LogP contribution >= 0.6 is 23.2 Å². The molecule has 1 heterocycles. The van der Waals surface area contributed by atoms with E-state index in [9.17, 15) is 5.11 Å². The quantitative estimate of drug-likeness (QED) is 0.338. The predicted molar refractivity (Wildman–Crippen MR) is 137 cm³/mol. The van der Waals surface area contributed by atoms with E-state index in [0.717, 1.165) is 38.0 Å². The number of hydrogen-bond donors (Lipinski definition) is 2. The topological polar surface area (TPSA) is 68.0 Å². The van der Waals surface area contributed by atoms with Crippen molar-refractivity contribution in [1.29, 1.82) is 0 Å². The van der Waals surface area contributed by atoms with Crippen LogP contribution in [0.2, 0.25) is 10.0 Å². The minimum Gasteiger partial charge on any atom is -0.491 e. The van der Waals surface area contributed by atoms with Crippen LogP contribution in [-0.4, -0.2) is 48.0 Å². The number of nitrogen functional groups attached to an aromatic ring is 1. The molecule has 33 heavy (non-hydrogen) atoms. The number of nitrogens with zero attached hydrogens (tertiary/aromatic N) is 1. The molecule has 2 aromatic rings. The van der Waals surface area contributed by atoms with Gasteiger partial charge in [0, 0.05) is 42.6 Å². The van der Waals surface area contributed by atoms with Crippen molar-refractivity contribution < 1.29 is 14.6 Å². The van der Waals surface area contributed by atoms with Crippen LogP contribution < -0.4 is 15.2 Å². The maximum Gasteiger partial charge on any atom is 0.145 e. The summed E-state index contributed by atoms with van der Waals surface area (Å²) < 4.78 is 11.7. The zero-order valence-electron chi connectivity index (χ0n) is 20.0. The third kappa shape index (κ3) is 6.69. The lowest BCUT2D eigenvalue weighted by atomic mass is 9.67. The predicted octanol–water partition coefficient (Wildman–Crippen LogP) is 5.84. The van der Waals surface area contributed by atoms with Gasteiger partial charge in [0.2, 0.25) is 0 Å². The first-order valence-corrected chi connectivity index (χ1v) is 12.3. The highest BCUT2D eigenvalue weighted by atomic mass is 35.5. The Balaban J connectivity index is 1.51. The monoisotopic (exact) mass is 494 g/mol. The molecule has 0 saturated carbocycles. The molecule has 0 aliphatic carbocycles. The second kappa shape index (κ2) is 10.7. The molecule has 2 aromatic carbocycles. The van der Waals surface area contributed by atoms with E-state index in [1.807, 2.05) is 38.1 Å². The molecule has 1 unspecified atom stereocenters. The molecule has 3 N–H and O–H groups in total. The number of ether oxygens (including phenoxy) is 2. The van der Waals surface area contributed by atoms with Gasteiger partial charge in [-0.2, -0.15) is 0 Å². The zero-order chi connectivity index (χ0) is 24.2. The van der Waals surface area contributed by atoms with Gasteiger partial charge < -0.3 is 25.2 Å². The van der Waals surface area contributed by atoms with Crippen LogP contribution in [0.25, 0.3) is 0 Å². The maximum atomic E-state index is 11.5. The van der Waals surface area contributed by atoms with Crippen LogP contribution in [0.4, 0.5) is 5.69 Å². The lowest BCUT2D eigenvalue weighted by molar-refractivity contribution is -0.118. The van der Waals surface area contributed by atoms with Crippen LogP contribution in [0, 0.1) is 5.41 Å². The van der Waals surface area contributed by atoms with Gasteiger partial charge in [-0.1, -0.05) is 49.2 Å². The van der Waals surface area contributed by atoms with Gasteiger partial charge in [-0.25, -0.2) is 0 Å². The SMILES string of the molecule is CC(C)Oc1cc(OCCCN2CCC(O)(Cc3ccc(Cl)cc3)C(C)(C)C2)c(N)cc1Cl. The average Bonchev–Trinajstić information content (AvgIpc) is 2.72. The molecule has 3 rings (SSSR count). The summed E-state index contributed by atoms with van der Waals surface area (Å²) in [7, 11) is 0. The van der Waals surface area contributed by atoms with E-state index in [2.05, 4.69) is 18.7 Å². The standard InChI is InChI=1S/C26H36Cl2N2O3/c1-18(2)33-23-15-24(22(29)14-21(23)28)32-13-5-11-30-12-10-26(31,25(3,4)17-30)16-19-6-8-20(27)9-7-19/h6-9,14-15,18,31H,5,10-13,16-17,29H2,1-4H3. The van der Waals surface area contributed by atoms with Crippen molar-refractivity contribution >= 4 is 28.9 Å². The van der Waals surface area contributed by atoms with Crippen LogP contribution in [0.5, 0.6) is 11.5 Å². The fraction of sp³-hybridized carbons (Fsp3) is 0.538. The molecular formula is C26H36Cl2N2O3. The van der Waals surface area contributed by atoms with Crippen LogP contribution in [0.1, 0.15) is 46.1 Å². The molecule has 0 spiro atoms. The van der Waals surface area contributed by atoms with Gasteiger partial charge in [0.25, 0.3) is 0 Å². The van der Waals surface area contributed by atoms with Crippen LogP contribution in [0.3, 0.4) is 0 Å². The van der Waals surface area contributed by atoms with Crippen molar-refractivity contribution in [1.82, 2.24) is 4.90 Å². The highest BCUT2D eigenvalue weighted by Crippen LogP contribution is 2.41. The summed E-state index contributed by atoms with van der Waals surface area (Å²) in [5.41, 5.74) is 6.69. The molecule has 0 amide bonds. The first kappa shape index (κ1) is 26.0. The second-order valence-corrected chi connectivity index (χ2v) is 10.8. The lowest BCUT2D eigenvalue weighted by Crippen LogP contribution is -2.58. The summed E-state index contributed by atoms with van der Waals surface area (Å²) in [5, 5.41) is 12.7. The smallest absolute Gasteiger partial charge is 0.145 e. The van der Waals surface area contributed by atoms with E-state index in [0.29, 0.717) is 40.3 Å². The molecule has 1 aliphatic heterocycles. The number of piperidine rings is 1. The van der Waals surface area contributed by atoms with Crippen molar-refractivity contribution in [2.45, 2.75) is 58.7 Å². The minimum absolute atomic E-state index is 0.0137. The Morgan fingerprint density at radius 2 is 1.82 bits per heavy atom. The second-order valence-electron chi connectivity index (χ2n) is 9.93. The van der Waals surface area contributed by atoms with E-state index in [-0.39, 0.29) is 11.5 Å². The summed E-state index contributed by atoms with van der Waals surface area (Å²) in [5.74, 6) is 1.17. The van der Waals surface area contributed by atoms with E-state index in [4.69, 9.17) is 38.4 Å². The van der Waals surface area contributed by atoms with Crippen molar-refractivity contribution in [3.63, 3.8) is 0 Å². The van der Waals surface area contributed by atoms with Gasteiger partial charge in [0.05, 0.1) is 29.0 Å². The molecule has 0 radical (unpaired) electrons. The number of anilines is 1. The van der Waals surface area contributed by atoms with Gasteiger partial charge in [-0.05, 0) is 50.5 Å². The van der Waals surface area contributed by atoms with Gasteiger partial charge in [-0.3, -0.25) is 0 Å². The van der Waals surface area contributed by atoms with Crippen molar-refractivity contribution in [2.75, 3.05) is 32.0 Å². The van der Waals surface area contributed by atoms with E-state index >= 15 is 0 Å². The highest BCUT2D eigenvalue weighted by Gasteiger charge is 2.47. The third-order valence-corrected chi connectivity index (χ3v) is 6.98. The lowest BCUT2D eigenvalue weighted by Gasteiger charge is -2.50. The number of likely N-dealkylation sites (tertiary alicyclic amines) is 1. The molecule has 1 fully saturated rings. The largest absolute Gasteiger partial charge is 0.491 e.